The van der Waals surface area contributed by atoms with Crippen LogP contribution in [0.15, 0.2) is 85.1 Å². The number of nitro benzene ring substituents is 1. The molecular formula is C29H31N3O3. The van der Waals surface area contributed by atoms with Gasteiger partial charge in [0, 0.05) is 54.2 Å². The predicted octanol–water partition coefficient (Wildman–Crippen LogP) is 6.28. The predicted molar refractivity (Wildman–Crippen MR) is 139 cm³/mol. The van der Waals surface area contributed by atoms with E-state index in [1.54, 1.807) is 12.1 Å². The summed E-state index contributed by atoms with van der Waals surface area (Å²) in [4.78, 5) is 24.3. The van der Waals surface area contributed by atoms with Crippen LogP contribution in [0.5, 0.6) is 0 Å². The number of carbonyl (C=O) groups is 1. The first kappa shape index (κ1) is 24.2. The van der Waals surface area contributed by atoms with Crippen molar-refractivity contribution in [3.63, 3.8) is 0 Å². The maximum absolute atomic E-state index is 13.1. The van der Waals surface area contributed by atoms with Gasteiger partial charge in [0.15, 0.2) is 0 Å². The lowest BCUT2D eigenvalue weighted by molar-refractivity contribution is -0.384. The normalized spacial score (nSPS) is 13.0. The van der Waals surface area contributed by atoms with Crippen molar-refractivity contribution < 1.29 is 9.72 Å². The third-order valence-corrected chi connectivity index (χ3v) is 6.66. The van der Waals surface area contributed by atoms with Crippen LogP contribution in [-0.2, 0) is 11.3 Å². The maximum Gasteiger partial charge on any atom is 0.270 e. The van der Waals surface area contributed by atoms with E-state index in [-0.39, 0.29) is 34.9 Å². The Morgan fingerprint density at radius 2 is 1.63 bits per heavy atom. The third-order valence-electron chi connectivity index (χ3n) is 6.66. The standard InChI is InChI=1S/C29H31N3O3/c1-20(2)21(3)30-29(33)17-25(23-12-8-5-9-13-23)27-19-31(18-22-10-6-4-7-11-22)28-15-14-24(32(34)35)16-26(27)28/h4-16,19-21,25H,17-18H2,1-3H3,(H,30,33)/t21-,25-/m1/s1. The smallest absolute Gasteiger partial charge is 0.270 e. The summed E-state index contributed by atoms with van der Waals surface area (Å²) in [5.41, 5.74) is 4.00. The highest BCUT2D eigenvalue weighted by molar-refractivity contribution is 5.88. The maximum atomic E-state index is 13.1. The fourth-order valence-corrected chi connectivity index (χ4v) is 4.37. The molecule has 0 saturated heterocycles. The summed E-state index contributed by atoms with van der Waals surface area (Å²) in [6.45, 7) is 6.80. The number of nitrogens with one attached hydrogen (secondary N) is 1. The highest BCUT2D eigenvalue weighted by atomic mass is 16.6. The lowest BCUT2D eigenvalue weighted by atomic mass is 9.87. The third kappa shape index (κ3) is 5.60. The van der Waals surface area contributed by atoms with E-state index >= 15 is 0 Å². The van der Waals surface area contributed by atoms with Crippen molar-refractivity contribution in [1.82, 2.24) is 9.88 Å². The minimum absolute atomic E-state index is 0.0329. The number of hydrogen-bond donors (Lipinski definition) is 1. The minimum atomic E-state index is -0.369. The molecule has 0 radical (unpaired) electrons. The van der Waals surface area contributed by atoms with Crippen LogP contribution in [0, 0.1) is 16.0 Å². The summed E-state index contributed by atoms with van der Waals surface area (Å²) in [7, 11) is 0. The molecule has 1 N–H and O–H groups in total. The van der Waals surface area contributed by atoms with Gasteiger partial charge in [-0.15, -0.1) is 0 Å². The van der Waals surface area contributed by atoms with Gasteiger partial charge >= 0.3 is 0 Å². The van der Waals surface area contributed by atoms with Crippen LogP contribution in [0.3, 0.4) is 0 Å². The molecule has 0 fully saturated rings. The Balaban J connectivity index is 1.82. The summed E-state index contributed by atoms with van der Waals surface area (Å²) in [5, 5.41) is 15.5. The Morgan fingerprint density at radius 1 is 0.971 bits per heavy atom. The first-order chi connectivity index (χ1) is 16.8. The molecule has 3 aromatic carbocycles. The van der Waals surface area contributed by atoms with Crippen LogP contribution < -0.4 is 5.32 Å². The van der Waals surface area contributed by atoms with E-state index in [1.165, 1.54) is 0 Å². The second kappa shape index (κ2) is 10.6. The number of rotatable bonds is 9. The van der Waals surface area contributed by atoms with Crippen LogP contribution in [0.4, 0.5) is 5.69 Å². The zero-order valence-corrected chi connectivity index (χ0v) is 20.3. The Bertz CT molecular complexity index is 1310. The summed E-state index contributed by atoms with van der Waals surface area (Å²) in [5.74, 6) is 0.0519. The molecule has 2 atom stereocenters. The molecule has 0 aliphatic carbocycles. The molecule has 0 aliphatic heterocycles. The summed E-state index contributed by atoms with van der Waals surface area (Å²) >= 11 is 0. The number of benzene rings is 3. The number of nitro groups is 1. The van der Waals surface area contributed by atoms with Gasteiger partial charge in [0.1, 0.15) is 0 Å². The van der Waals surface area contributed by atoms with E-state index in [0.717, 1.165) is 27.6 Å². The largest absolute Gasteiger partial charge is 0.353 e. The molecule has 0 aliphatic rings. The number of aromatic nitrogens is 1. The zero-order chi connectivity index (χ0) is 24.9. The van der Waals surface area contributed by atoms with Crippen molar-refractivity contribution in [2.75, 3.05) is 0 Å². The molecule has 0 spiro atoms. The highest BCUT2D eigenvalue weighted by Crippen LogP contribution is 2.36. The number of carbonyl (C=O) groups excluding carboxylic acids is 1. The van der Waals surface area contributed by atoms with E-state index in [1.807, 2.05) is 61.5 Å². The Labute approximate surface area is 205 Å². The molecule has 1 heterocycles. The SMILES string of the molecule is CC(C)[C@@H](C)NC(=O)C[C@H](c1ccccc1)c1cn(Cc2ccccc2)c2ccc([N+](=O)[O-])cc12. The molecule has 6 heteroatoms. The minimum Gasteiger partial charge on any atom is -0.353 e. The molecule has 180 valence electrons. The van der Waals surface area contributed by atoms with Crippen LogP contribution in [0.1, 0.15) is 49.8 Å². The van der Waals surface area contributed by atoms with Gasteiger partial charge in [-0.3, -0.25) is 14.9 Å². The number of fused-ring (bicyclic) bond motifs is 1. The lowest BCUT2D eigenvalue weighted by Crippen LogP contribution is -2.36. The van der Waals surface area contributed by atoms with Crippen LogP contribution in [-0.4, -0.2) is 21.4 Å². The van der Waals surface area contributed by atoms with E-state index in [2.05, 4.69) is 42.1 Å². The molecule has 0 bridgehead atoms. The molecule has 6 nitrogen and oxygen atoms in total. The second-order valence-corrected chi connectivity index (χ2v) is 9.42. The Hall–Kier alpha value is -3.93. The van der Waals surface area contributed by atoms with Gasteiger partial charge in [-0.1, -0.05) is 74.5 Å². The van der Waals surface area contributed by atoms with Gasteiger partial charge < -0.3 is 9.88 Å². The molecular weight excluding hydrogens is 438 g/mol. The Kier molecular flexibility index (Phi) is 7.30. The second-order valence-electron chi connectivity index (χ2n) is 9.42. The average Bonchev–Trinajstić information content (AvgIpc) is 3.20. The van der Waals surface area contributed by atoms with Crippen molar-refractivity contribution in [3.8, 4) is 0 Å². The van der Waals surface area contributed by atoms with Crippen molar-refractivity contribution >= 4 is 22.5 Å². The monoisotopic (exact) mass is 469 g/mol. The van der Waals surface area contributed by atoms with Crippen molar-refractivity contribution in [3.05, 3.63) is 112 Å². The molecule has 0 unspecified atom stereocenters. The summed E-state index contributed by atoms with van der Waals surface area (Å²) < 4.78 is 2.12. The van der Waals surface area contributed by atoms with Gasteiger partial charge in [-0.05, 0) is 35.6 Å². The molecule has 1 aromatic heterocycles. The van der Waals surface area contributed by atoms with E-state index in [0.29, 0.717) is 12.5 Å². The average molecular weight is 470 g/mol. The Morgan fingerprint density at radius 3 is 2.26 bits per heavy atom. The van der Waals surface area contributed by atoms with Gasteiger partial charge in [-0.25, -0.2) is 0 Å². The fourth-order valence-electron chi connectivity index (χ4n) is 4.37. The van der Waals surface area contributed by atoms with Gasteiger partial charge in [0.05, 0.1) is 4.92 Å². The lowest BCUT2D eigenvalue weighted by Gasteiger charge is -2.21. The molecule has 0 saturated carbocycles. The topological polar surface area (TPSA) is 77.2 Å². The van der Waals surface area contributed by atoms with Crippen LogP contribution in [0.2, 0.25) is 0 Å². The quantitative estimate of drug-likeness (QED) is 0.231. The van der Waals surface area contributed by atoms with Gasteiger partial charge in [0.2, 0.25) is 5.91 Å². The molecule has 1 amide bonds. The molecule has 35 heavy (non-hydrogen) atoms. The number of nitrogens with zero attached hydrogens (tertiary/aromatic N) is 2. The van der Waals surface area contributed by atoms with E-state index < -0.39 is 0 Å². The van der Waals surface area contributed by atoms with Crippen LogP contribution in [0.25, 0.3) is 10.9 Å². The first-order valence-corrected chi connectivity index (χ1v) is 12.0. The van der Waals surface area contributed by atoms with Crippen molar-refractivity contribution in [2.45, 2.75) is 45.7 Å². The van der Waals surface area contributed by atoms with Crippen LogP contribution >= 0.6 is 0 Å². The molecule has 4 aromatic rings. The summed E-state index contributed by atoms with van der Waals surface area (Å²) in [6, 6.07) is 25.0. The van der Waals surface area contributed by atoms with Crippen molar-refractivity contribution in [1.29, 1.82) is 0 Å². The highest BCUT2D eigenvalue weighted by Gasteiger charge is 2.25. The van der Waals surface area contributed by atoms with Gasteiger partial charge in [0.25, 0.3) is 5.69 Å². The number of amides is 1. The molecule has 4 rings (SSSR count). The van der Waals surface area contributed by atoms with E-state index in [9.17, 15) is 14.9 Å². The fraction of sp³-hybridized carbons (Fsp3) is 0.276. The van der Waals surface area contributed by atoms with Crippen molar-refractivity contribution in [2.24, 2.45) is 5.92 Å². The first-order valence-electron chi connectivity index (χ1n) is 12.0. The van der Waals surface area contributed by atoms with Gasteiger partial charge in [-0.2, -0.15) is 0 Å². The summed E-state index contributed by atoms with van der Waals surface area (Å²) in [6.07, 6.45) is 2.31. The number of hydrogen-bond acceptors (Lipinski definition) is 3. The number of non-ortho nitro benzene ring substituents is 1. The zero-order valence-electron chi connectivity index (χ0n) is 20.3. The van der Waals surface area contributed by atoms with E-state index in [4.69, 9.17) is 0 Å².